The van der Waals surface area contributed by atoms with Gasteiger partial charge in [-0.3, -0.25) is 14.7 Å². The van der Waals surface area contributed by atoms with E-state index in [0.717, 1.165) is 17.5 Å². The summed E-state index contributed by atoms with van der Waals surface area (Å²) in [4.78, 5) is 33.2. The Hall–Kier alpha value is -3.20. The first kappa shape index (κ1) is 16.3. The molecular formula is C20H18N4O2. The number of amides is 3. The molecule has 0 saturated carbocycles. The fourth-order valence-electron chi connectivity index (χ4n) is 3.97. The molecule has 1 atom stereocenters. The molecule has 2 aliphatic rings. The van der Waals surface area contributed by atoms with Gasteiger partial charge in [0.05, 0.1) is 18.2 Å². The van der Waals surface area contributed by atoms with Gasteiger partial charge in [0.1, 0.15) is 5.54 Å². The standard InChI is InChI=1S/C20H18N4O2/c21-13-16-4-2-15(3-5-16)12-20-8-1-11-24(20)19(26)23(18(20)25)14-17-6-9-22-10-7-17/h2-7,9-10H,1,8,11-12,14H2. The zero-order valence-electron chi connectivity index (χ0n) is 14.3. The van der Waals surface area contributed by atoms with Gasteiger partial charge in [-0.15, -0.1) is 0 Å². The topological polar surface area (TPSA) is 77.3 Å². The number of nitrogens with zero attached hydrogens (tertiary/aromatic N) is 4. The molecule has 0 radical (unpaired) electrons. The first-order valence-corrected chi connectivity index (χ1v) is 8.65. The number of carbonyl (C=O) groups excluding carboxylic acids is 2. The van der Waals surface area contributed by atoms with Crippen LogP contribution >= 0.6 is 0 Å². The quantitative estimate of drug-likeness (QED) is 0.797. The van der Waals surface area contributed by atoms with E-state index in [1.54, 1.807) is 29.4 Å². The van der Waals surface area contributed by atoms with Crippen LogP contribution in [0.25, 0.3) is 0 Å². The predicted octanol–water partition coefficient (Wildman–Crippen LogP) is 2.49. The van der Waals surface area contributed by atoms with Crippen LogP contribution in [-0.2, 0) is 17.8 Å². The second-order valence-corrected chi connectivity index (χ2v) is 6.80. The lowest BCUT2D eigenvalue weighted by atomic mass is 9.88. The molecule has 3 amide bonds. The fraction of sp³-hybridized carbons (Fsp3) is 0.300. The highest BCUT2D eigenvalue weighted by Crippen LogP contribution is 2.40. The van der Waals surface area contributed by atoms with Gasteiger partial charge in [0.2, 0.25) is 0 Å². The predicted molar refractivity (Wildman–Crippen MR) is 93.7 cm³/mol. The molecule has 0 N–H and O–H groups in total. The van der Waals surface area contributed by atoms with Crippen molar-refractivity contribution >= 4 is 11.9 Å². The molecular weight excluding hydrogens is 328 g/mol. The van der Waals surface area contributed by atoms with Gasteiger partial charge in [-0.1, -0.05) is 12.1 Å². The average Bonchev–Trinajstić information content (AvgIpc) is 3.17. The lowest BCUT2D eigenvalue weighted by Gasteiger charge is -2.28. The van der Waals surface area contributed by atoms with Crippen molar-refractivity contribution in [2.75, 3.05) is 6.54 Å². The van der Waals surface area contributed by atoms with E-state index < -0.39 is 5.54 Å². The minimum absolute atomic E-state index is 0.124. The maximum absolute atomic E-state index is 13.2. The fourth-order valence-corrected chi connectivity index (χ4v) is 3.97. The average molecular weight is 346 g/mol. The number of pyridine rings is 1. The normalized spacial score (nSPS) is 21.8. The number of benzene rings is 1. The molecule has 130 valence electrons. The maximum Gasteiger partial charge on any atom is 0.327 e. The first-order chi connectivity index (χ1) is 12.6. The van der Waals surface area contributed by atoms with E-state index in [1.165, 1.54) is 4.90 Å². The third-order valence-corrected chi connectivity index (χ3v) is 5.26. The van der Waals surface area contributed by atoms with E-state index in [-0.39, 0.29) is 18.5 Å². The Balaban J connectivity index is 1.62. The van der Waals surface area contributed by atoms with Gasteiger partial charge >= 0.3 is 6.03 Å². The molecule has 4 rings (SSSR count). The van der Waals surface area contributed by atoms with Crippen LogP contribution in [0.3, 0.4) is 0 Å². The monoisotopic (exact) mass is 346 g/mol. The highest BCUT2D eigenvalue weighted by Gasteiger charge is 2.59. The Kier molecular flexibility index (Phi) is 3.92. The van der Waals surface area contributed by atoms with E-state index in [2.05, 4.69) is 11.1 Å². The van der Waals surface area contributed by atoms with Gasteiger partial charge in [-0.2, -0.15) is 5.26 Å². The molecule has 6 heteroatoms. The molecule has 2 aromatic rings. The van der Waals surface area contributed by atoms with Gasteiger partial charge in [-0.05, 0) is 48.2 Å². The molecule has 1 unspecified atom stereocenters. The van der Waals surface area contributed by atoms with Crippen LogP contribution in [0.5, 0.6) is 0 Å². The summed E-state index contributed by atoms with van der Waals surface area (Å²) >= 11 is 0. The van der Waals surface area contributed by atoms with Crippen molar-refractivity contribution in [1.82, 2.24) is 14.8 Å². The SMILES string of the molecule is N#Cc1ccc(CC23CCCN2C(=O)N(Cc2ccncc2)C3=O)cc1. The third-order valence-electron chi connectivity index (χ3n) is 5.26. The lowest BCUT2D eigenvalue weighted by Crippen LogP contribution is -2.47. The molecule has 1 aromatic carbocycles. The number of aromatic nitrogens is 1. The van der Waals surface area contributed by atoms with E-state index in [1.807, 2.05) is 24.3 Å². The van der Waals surface area contributed by atoms with Crippen molar-refractivity contribution in [3.05, 3.63) is 65.5 Å². The summed E-state index contributed by atoms with van der Waals surface area (Å²) in [5.74, 6) is -0.124. The molecule has 26 heavy (non-hydrogen) atoms. The van der Waals surface area contributed by atoms with Crippen molar-refractivity contribution in [3.8, 4) is 6.07 Å². The number of nitriles is 1. The Bertz CT molecular complexity index is 888. The number of carbonyl (C=O) groups is 2. The Labute approximate surface area is 151 Å². The van der Waals surface area contributed by atoms with Crippen molar-refractivity contribution in [1.29, 1.82) is 5.26 Å². The summed E-state index contributed by atoms with van der Waals surface area (Å²) in [6.45, 7) is 0.875. The molecule has 2 aliphatic heterocycles. The molecule has 6 nitrogen and oxygen atoms in total. The minimum atomic E-state index is -0.793. The lowest BCUT2D eigenvalue weighted by molar-refractivity contribution is -0.133. The van der Waals surface area contributed by atoms with Crippen LogP contribution in [0.2, 0.25) is 0 Å². The molecule has 3 heterocycles. The largest absolute Gasteiger partial charge is 0.327 e. The number of rotatable bonds is 4. The Morgan fingerprint density at radius 1 is 1.08 bits per heavy atom. The molecule has 2 fully saturated rings. The smallest absolute Gasteiger partial charge is 0.309 e. The highest BCUT2D eigenvalue weighted by atomic mass is 16.2. The van der Waals surface area contributed by atoms with Crippen LogP contribution in [0.15, 0.2) is 48.8 Å². The van der Waals surface area contributed by atoms with Crippen LogP contribution in [0, 0.1) is 11.3 Å². The van der Waals surface area contributed by atoms with Crippen LogP contribution in [0.1, 0.15) is 29.5 Å². The molecule has 0 bridgehead atoms. The summed E-state index contributed by atoms with van der Waals surface area (Å²) in [5.41, 5.74) is 1.64. The van der Waals surface area contributed by atoms with Gasteiger partial charge in [0.25, 0.3) is 5.91 Å². The molecule has 2 saturated heterocycles. The molecule has 0 spiro atoms. The molecule has 1 aromatic heterocycles. The molecule has 0 aliphatic carbocycles. The number of fused-ring (bicyclic) bond motifs is 1. The van der Waals surface area contributed by atoms with Crippen LogP contribution in [-0.4, -0.2) is 38.8 Å². The number of imide groups is 1. The second kappa shape index (κ2) is 6.26. The summed E-state index contributed by atoms with van der Waals surface area (Å²) in [5, 5.41) is 8.95. The number of hydrogen-bond donors (Lipinski definition) is 0. The van der Waals surface area contributed by atoms with Gasteiger partial charge < -0.3 is 4.90 Å². The summed E-state index contributed by atoms with van der Waals surface area (Å²) in [6.07, 6.45) is 5.30. The van der Waals surface area contributed by atoms with E-state index in [4.69, 9.17) is 5.26 Å². The maximum atomic E-state index is 13.2. The third kappa shape index (κ3) is 2.53. The van der Waals surface area contributed by atoms with Crippen molar-refractivity contribution in [3.63, 3.8) is 0 Å². The number of hydrogen-bond acceptors (Lipinski definition) is 4. The highest BCUT2D eigenvalue weighted by molar-refractivity contribution is 6.07. The van der Waals surface area contributed by atoms with E-state index >= 15 is 0 Å². The van der Waals surface area contributed by atoms with Gasteiger partial charge in [0, 0.05) is 25.4 Å². The van der Waals surface area contributed by atoms with E-state index in [9.17, 15) is 9.59 Å². The summed E-state index contributed by atoms with van der Waals surface area (Å²) < 4.78 is 0. The first-order valence-electron chi connectivity index (χ1n) is 8.65. The van der Waals surface area contributed by atoms with Crippen LogP contribution < -0.4 is 0 Å². The second-order valence-electron chi connectivity index (χ2n) is 6.80. The van der Waals surface area contributed by atoms with Crippen LogP contribution in [0.4, 0.5) is 4.79 Å². The Morgan fingerprint density at radius 2 is 1.81 bits per heavy atom. The van der Waals surface area contributed by atoms with Gasteiger partial charge in [-0.25, -0.2) is 4.79 Å². The van der Waals surface area contributed by atoms with Crippen molar-refractivity contribution in [2.24, 2.45) is 0 Å². The van der Waals surface area contributed by atoms with Crippen molar-refractivity contribution < 1.29 is 9.59 Å². The summed E-state index contributed by atoms with van der Waals surface area (Å²) in [7, 11) is 0. The van der Waals surface area contributed by atoms with Crippen molar-refractivity contribution in [2.45, 2.75) is 31.3 Å². The zero-order valence-corrected chi connectivity index (χ0v) is 14.3. The Morgan fingerprint density at radius 3 is 2.50 bits per heavy atom. The van der Waals surface area contributed by atoms with Gasteiger partial charge in [0.15, 0.2) is 0 Å². The number of urea groups is 1. The summed E-state index contributed by atoms with van der Waals surface area (Å²) in [6, 6.07) is 12.8. The zero-order chi connectivity index (χ0) is 18.1. The van der Waals surface area contributed by atoms with E-state index in [0.29, 0.717) is 24.9 Å². The minimum Gasteiger partial charge on any atom is -0.309 e.